The van der Waals surface area contributed by atoms with Gasteiger partial charge in [0.25, 0.3) is 0 Å². The van der Waals surface area contributed by atoms with Crippen LogP contribution in [0.2, 0.25) is 0 Å². The van der Waals surface area contributed by atoms with E-state index in [1.807, 2.05) is 32.2 Å². The molecule has 0 aromatic carbocycles. The Labute approximate surface area is 87.3 Å². The minimum Gasteiger partial charge on any atom is -0.315 e. The SMILES string of the molecule is CNC(C)Cn1nc2ccccn2c1=O. The highest BCUT2D eigenvalue weighted by Crippen LogP contribution is 1.95. The third-order valence-corrected chi connectivity index (χ3v) is 2.43. The first kappa shape index (κ1) is 9.92. The molecular formula is C10H14N4O. The smallest absolute Gasteiger partial charge is 0.315 e. The number of hydrogen-bond donors (Lipinski definition) is 1. The van der Waals surface area contributed by atoms with Crippen LogP contribution < -0.4 is 11.0 Å². The lowest BCUT2D eigenvalue weighted by atomic mass is 10.3. The number of hydrogen-bond acceptors (Lipinski definition) is 3. The molecule has 2 aromatic heterocycles. The van der Waals surface area contributed by atoms with Crippen LogP contribution in [0.5, 0.6) is 0 Å². The molecule has 5 heteroatoms. The van der Waals surface area contributed by atoms with Crippen LogP contribution in [0.3, 0.4) is 0 Å². The maximum absolute atomic E-state index is 11.8. The molecule has 2 aromatic rings. The number of fused-ring (bicyclic) bond motifs is 1. The van der Waals surface area contributed by atoms with Gasteiger partial charge in [0.15, 0.2) is 5.65 Å². The van der Waals surface area contributed by atoms with Gasteiger partial charge in [-0.05, 0) is 26.1 Å². The molecule has 15 heavy (non-hydrogen) atoms. The minimum atomic E-state index is -0.0901. The second-order valence-corrected chi connectivity index (χ2v) is 3.58. The molecule has 80 valence electrons. The molecule has 1 N–H and O–H groups in total. The highest BCUT2D eigenvalue weighted by atomic mass is 16.2. The lowest BCUT2D eigenvalue weighted by Crippen LogP contribution is -2.32. The Kier molecular flexibility index (Phi) is 2.55. The first-order valence-electron chi connectivity index (χ1n) is 4.94. The van der Waals surface area contributed by atoms with Crippen LogP contribution in [0.25, 0.3) is 5.65 Å². The number of nitrogens with zero attached hydrogens (tertiary/aromatic N) is 3. The second kappa shape index (κ2) is 3.86. The molecule has 2 heterocycles. The minimum absolute atomic E-state index is 0.0901. The molecule has 0 bridgehead atoms. The predicted molar refractivity (Wildman–Crippen MR) is 58.0 cm³/mol. The molecule has 0 radical (unpaired) electrons. The van der Waals surface area contributed by atoms with E-state index in [1.165, 1.54) is 4.68 Å². The monoisotopic (exact) mass is 206 g/mol. The summed E-state index contributed by atoms with van der Waals surface area (Å²) in [4.78, 5) is 11.8. The number of nitrogens with one attached hydrogen (secondary N) is 1. The third-order valence-electron chi connectivity index (χ3n) is 2.43. The van der Waals surface area contributed by atoms with Crippen LogP contribution >= 0.6 is 0 Å². The quantitative estimate of drug-likeness (QED) is 0.775. The van der Waals surface area contributed by atoms with Gasteiger partial charge in [0.1, 0.15) is 0 Å². The number of pyridine rings is 1. The maximum Gasteiger partial charge on any atom is 0.350 e. The molecule has 0 saturated carbocycles. The summed E-state index contributed by atoms with van der Waals surface area (Å²) < 4.78 is 3.03. The van der Waals surface area contributed by atoms with Crippen molar-refractivity contribution in [3.63, 3.8) is 0 Å². The molecule has 0 aliphatic carbocycles. The van der Waals surface area contributed by atoms with Gasteiger partial charge in [0.2, 0.25) is 0 Å². The highest BCUT2D eigenvalue weighted by Gasteiger charge is 2.07. The fourth-order valence-electron chi connectivity index (χ4n) is 1.44. The lowest BCUT2D eigenvalue weighted by Gasteiger charge is -2.07. The van der Waals surface area contributed by atoms with E-state index >= 15 is 0 Å². The lowest BCUT2D eigenvalue weighted by molar-refractivity contribution is 0.471. The molecule has 0 amide bonds. The normalized spacial score (nSPS) is 13.2. The van der Waals surface area contributed by atoms with Crippen molar-refractivity contribution in [2.75, 3.05) is 7.05 Å². The van der Waals surface area contributed by atoms with Crippen molar-refractivity contribution in [2.24, 2.45) is 0 Å². The van der Waals surface area contributed by atoms with Crippen molar-refractivity contribution in [3.8, 4) is 0 Å². The summed E-state index contributed by atoms with van der Waals surface area (Å²) in [5, 5.41) is 7.30. The summed E-state index contributed by atoms with van der Waals surface area (Å²) >= 11 is 0. The third kappa shape index (κ3) is 1.78. The van der Waals surface area contributed by atoms with Gasteiger partial charge in [0, 0.05) is 12.2 Å². The second-order valence-electron chi connectivity index (χ2n) is 3.58. The van der Waals surface area contributed by atoms with Crippen LogP contribution in [0, 0.1) is 0 Å². The Hall–Kier alpha value is -1.62. The summed E-state index contributed by atoms with van der Waals surface area (Å²) in [5.41, 5.74) is 0.596. The summed E-state index contributed by atoms with van der Waals surface area (Å²) in [6, 6.07) is 5.74. The molecule has 1 atom stereocenters. The van der Waals surface area contributed by atoms with E-state index in [4.69, 9.17) is 0 Å². The number of rotatable bonds is 3. The Morgan fingerprint density at radius 1 is 1.53 bits per heavy atom. The van der Waals surface area contributed by atoms with Crippen molar-refractivity contribution in [1.29, 1.82) is 0 Å². The van der Waals surface area contributed by atoms with Crippen LogP contribution in [0.4, 0.5) is 0 Å². The molecule has 2 rings (SSSR count). The number of aromatic nitrogens is 3. The maximum atomic E-state index is 11.8. The molecule has 1 unspecified atom stereocenters. The first-order valence-corrected chi connectivity index (χ1v) is 4.94. The zero-order valence-electron chi connectivity index (χ0n) is 8.84. The molecule has 0 aliphatic rings. The van der Waals surface area contributed by atoms with Crippen molar-refractivity contribution in [1.82, 2.24) is 19.5 Å². The predicted octanol–water partition coefficient (Wildman–Crippen LogP) is 0.104. The van der Waals surface area contributed by atoms with E-state index in [1.54, 1.807) is 10.6 Å². The van der Waals surface area contributed by atoms with Gasteiger partial charge in [0.05, 0.1) is 6.54 Å². The van der Waals surface area contributed by atoms with E-state index in [-0.39, 0.29) is 11.7 Å². The molecule has 5 nitrogen and oxygen atoms in total. The van der Waals surface area contributed by atoms with E-state index in [0.717, 1.165) is 0 Å². The zero-order chi connectivity index (χ0) is 10.8. The van der Waals surface area contributed by atoms with Crippen LogP contribution in [-0.4, -0.2) is 27.3 Å². The summed E-state index contributed by atoms with van der Waals surface area (Å²) in [7, 11) is 1.87. The summed E-state index contributed by atoms with van der Waals surface area (Å²) in [6.45, 7) is 2.59. The fraction of sp³-hybridized carbons (Fsp3) is 0.400. The average molecular weight is 206 g/mol. The van der Waals surface area contributed by atoms with Crippen molar-refractivity contribution >= 4 is 5.65 Å². The molecule has 0 spiro atoms. The highest BCUT2D eigenvalue weighted by molar-refractivity contribution is 5.35. The van der Waals surface area contributed by atoms with Gasteiger partial charge in [-0.3, -0.25) is 4.40 Å². The summed E-state index contributed by atoms with van der Waals surface area (Å²) in [5.74, 6) is 0. The largest absolute Gasteiger partial charge is 0.350 e. The van der Waals surface area contributed by atoms with Crippen molar-refractivity contribution < 1.29 is 0 Å². The van der Waals surface area contributed by atoms with E-state index in [2.05, 4.69) is 10.4 Å². The van der Waals surface area contributed by atoms with Gasteiger partial charge in [-0.15, -0.1) is 5.10 Å². The van der Waals surface area contributed by atoms with Gasteiger partial charge in [-0.25, -0.2) is 9.48 Å². The van der Waals surface area contributed by atoms with Crippen LogP contribution in [0.15, 0.2) is 29.2 Å². The Morgan fingerprint density at radius 3 is 3.00 bits per heavy atom. The van der Waals surface area contributed by atoms with Crippen LogP contribution in [-0.2, 0) is 6.54 Å². The van der Waals surface area contributed by atoms with Gasteiger partial charge < -0.3 is 5.32 Å². The standard InChI is InChI=1S/C10H14N4O/c1-8(11-2)7-14-10(15)13-6-4-3-5-9(13)12-14/h3-6,8,11H,7H2,1-2H3. The molecule has 0 saturated heterocycles. The molecular weight excluding hydrogens is 192 g/mol. The fourth-order valence-corrected chi connectivity index (χ4v) is 1.44. The topological polar surface area (TPSA) is 51.3 Å². The Balaban J connectivity index is 2.45. The zero-order valence-corrected chi connectivity index (χ0v) is 8.84. The molecule has 0 aliphatic heterocycles. The Morgan fingerprint density at radius 2 is 2.33 bits per heavy atom. The van der Waals surface area contributed by atoms with Gasteiger partial charge >= 0.3 is 5.69 Å². The van der Waals surface area contributed by atoms with Gasteiger partial charge in [-0.2, -0.15) is 0 Å². The van der Waals surface area contributed by atoms with Crippen molar-refractivity contribution in [3.05, 3.63) is 34.9 Å². The van der Waals surface area contributed by atoms with Crippen LogP contribution in [0.1, 0.15) is 6.92 Å². The average Bonchev–Trinajstić information content (AvgIpc) is 2.57. The molecule has 0 fully saturated rings. The van der Waals surface area contributed by atoms with E-state index in [0.29, 0.717) is 12.2 Å². The van der Waals surface area contributed by atoms with Gasteiger partial charge in [-0.1, -0.05) is 6.07 Å². The van der Waals surface area contributed by atoms with E-state index < -0.39 is 0 Å². The number of likely N-dealkylation sites (N-methyl/N-ethyl adjacent to an activating group) is 1. The van der Waals surface area contributed by atoms with E-state index in [9.17, 15) is 4.79 Å². The first-order chi connectivity index (χ1) is 7.22. The Bertz CT molecular complexity index is 513. The van der Waals surface area contributed by atoms with Crippen molar-refractivity contribution in [2.45, 2.75) is 19.5 Å². The summed E-state index contributed by atoms with van der Waals surface area (Å²) in [6.07, 6.45) is 1.73.